The quantitative estimate of drug-likeness (QED) is 0.800. The van der Waals surface area contributed by atoms with Crippen LogP contribution in [-0.4, -0.2) is 38.5 Å². The van der Waals surface area contributed by atoms with Crippen LogP contribution in [-0.2, 0) is 21.4 Å². The van der Waals surface area contributed by atoms with Gasteiger partial charge in [0, 0.05) is 12.1 Å². The minimum absolute atomic E-state index is 0.00381. The maximum Gasteiger partial charge on any atom is 0.239 e. The Balaban J connectivity index is 2.18. The molecule has 0 saturated carbocycles. The van der Waals surface area contributed by atoms with Gasteiger partial charge < -0.3 is 10.1 Å². The fourth-order valence-corrected chi connectivity index (χ4v) is 3.08. The molecule has 0 heterocycles. The number of sulfonamides is 1. The van der Waals surface area contributed by atoms with Crippen molar-refractivity contribution in [3.8, 4) is 11.8 Å². The van der Waals surface area contributed by atoms with E-state index in [0.717, 1.165) is 10.6 Å². The average molecular weight is 373 g/mol. The van der Waals surface area contributed by atoms with Gasteiger partial charge in [0.25, 0.3) is 0 Å². The van der Waals surface area contributed by atoms with Crippen LogP contribution in [0.4, 0.5) is 5.69 Å². The van der Waals surface area contributed by atoms with Gasteiger partial charge in [0.05, 0.1) is 31.2 Å². The number of methoxy groups -OCH3 is 1. The Hall–Kier alpha value is -2.89. The number of para-hydroxylation sites is 2. The molecule has 0 aromatic heterocycles. The zero-order chi connectivity index (χ0) is 19.2. The number of benzene rings is 2. The molecule has 26 heavy (non-hydrogen) atoms. The zero-order valence-corrected chi connectivity index (χ0v) is 15.3. The number of carbonyl (C=O) groups is 1. The van der Waals surface area contributed by atoms with Gasteiger partial charge in [-0.05, 0) is 18.2 Å². The van der Waals surface area contributed by atoms with E-state index in [0.29, 0.717) is 22.6 Å². The largest absolute Gasteiger partial charge is 0.496 e. The summed E-state index contributed by atoms with van der Waals surface area (Å²) < 4.78 is 30.5. The molecular weight excluding hydrogens is 354 g/mol. The number of hydrogen-bond acceptors (Lipinski definition) is 5. The van der Waals surface area contributed by atoms with E-state index >= 15 is 0 Å². The average Bonchev–Trinajstić information content (AvgIpc) is 2.61. The maximum absolute atomic E-state index is 12.3. The van der Waals surface area contributed by atoms with Gasteiger partial charge in [0.2, 0.25) is 15.9 Å². The van der Waals surface area contributed by atoms with Crippen LogP contribution in [0.5, 0.6) is 5.75 Å². The molecule has 0 unspecified atom stereocenters. The minimum Gasteiger partial charge on any atom is -0.496 e. The third kappa shape index (κ3) is 5.05. The summed E-state index contributed by atoms with van der Waals surface area (Å²) in [5.41, 5.74) is 1.29. The SMILES string of the molecule is COc1ccccc1CN(CC(=O)Nc1ccccc1C#N)S(C)(=O)=O. The van der Waals surface area contributed by atoms with Crippen LogP contribution < -0.4 is 10.1 Å². The molecule has 1 amide bonds. The van der Waals surface area contributed by atoms with Crippen molar-refractivity contribution in [1.82, 2.24) is 4.31 Å². The van der Waals surface area contributed by atoms with Gasteiger partial charge in [-0.2, -0.15) is 9.57 Å². The summed E-state index contributed by atoms with van der Waals surface area (Å²) in [6.45, 7) is -0.382. The molecule has 7 nitrogen and oxygen atoms in total. The number of anilines is 1. The Morgan fingerprint density at radius 2 is 1.85 bits per heavy atom. The molecule has 0 saturated heterocycles. The Labute approximate surface area is 152 Å². The predicted molar refractivity (Wildman–Crippen MR) is 98.0 cm³/mol. The van der Waals surface area contributed by atoms with E-state index in [-0.39, 0.29) is 13.1 Å². The molecule has 8 heteroatoms. The lowest BCUT2D eigenvalue weighted by atomic mass is 10.2. The van der Waals surface area contributed by atoms with Crippen LogP contribution in [0.25, 0.3) is 0 Å². The van der Waals surface area contributed by atoms with Crippen molar-refractivity contribution >= 4 is 21.6 Å². The maximum atomic E-state index is 12.3. The topological polar surface area (TPSA) is 99.5 Å². The summed E-state index contributed by atoms with van der Waals surface area (Å²) in [7, 11) is -2.14. The standard InChI is InChI=1S/C18H19N3O4S/c1-25-17-10-6-4-8-15(17)12-21(26(2,23)24)13-18(22)20-16-9-5-3-7-14(16)11-19/h3-10H,12-13H2,1-2H3,(H,20,22). The number of rotatable bonds is 7. The molecular formula is C18H19N3O4S. The van der Waals surface area contributed by atoms with Crippen LogP contribution in [0, 0.1) is 11.3 Å². The summed E-state index contributed by atoms with van der Waals surface area (Å²) in [5.74, 6) is 0.00408. The number of nitrogens with one attached hydrogen (secondary N) is 1. The van der Waals surface area contributed by atoms with Crippen molar-refractivity contribution < 1.29 is 17.9 Å². The van der Waals surface area contributed by atoms with E-state index in [1.54, 1.807) is 48.5 Å². The van der Waals surface area contributed by atoms with E-state index < -0.39 is 15.9 Å². The Bertz CT molecular complexity index is 935. The van der Waals surface area contributed by atoms with Crippen molar-refractivity contribution in [2.45, 2.75) is 6.54 Å². The van der Waals surface area contributed by atoms with Crippen molar-refractivity contribution in [3.63, 3.8) is 0 Å². The molecule has 2 rings (SSSR count). The number of nitrogens with zero attached hydrogens (tertiary/aromatic N) is 2. The number of hydrogen-bond donors (Lipinski definition) is 1. The predicted octanol–water partition coefficient (Wildman–Crippen LogP) is 1.97. The molecule has 0 aliphatic heterocycles. The normalized spacial score (nSPS) is 11.0. The monoisotopic (exact) mass is 373 g/mol. The summed E-state index contributed by atoms with van der Waals surface area (Å²) >= 11 is 0. The van der Waals surface area contributed by atoms with E-state index in [4.69, 9.17) is 10.00 Å². The fourth-order valence-electron chi connectivity index (χ4n) is 2.35. The number of amides is 1. The number of carbonyl (C=O) groups excluding carboxylic acids is 1. The van der Waals surface area contributed by atoms with Gasteiger partial charge in [-0.3, -0.25) is 4.79 Å². The molecule has 1 N–H and O–H groups in total. The van der Waals surface area contributed by atoms with E-state index in [1.165, 1.54) is 7.11 Å². The highest BCUT2D eigenvalue weighted by Gasteiger charge is 2.22. The zero-order valence-electron chi connectivity index (χ0n) is 14.5. The van der Waals surface area contributed by atoms with E-state index in [9.17, 15) is 13.2 Å². The smallest absolute Gasteiger partial charge is 0.239 e. The van der Waals surface area contributed by atoms with Crippen molar-refractivity contribution in [3.05, 3.63) is 59.7 Å². The second-order valence-electron chi connectivity index (χ2n) is 5.55. The fraction of sp³-hybridized carbons (Fsp3) is 0.222. The van der Waals surface area contributed by atoms with Crippen LogP contribution in [0.3, 0.4) is 0 Å². The Morgan fingerprint density at radius 1 is 1.19 bits per heavy atom. The first-order valence-electron chi connectivity index (χ1n) is 7.71. The number of ether oxygens (including phenoxy) is 1. The number of nitriles is 1. The lowest BCUT2D eigenvalue weighted by Crippen LogP contribution is -2.37. The molecule has 0 fully saturated rings. The van der Waals surface area contributed by atoms with Gasteiger partial charge in [0.15, 0.2) is 0 Å². The first kappa shape index (κ1) is 19.4. The van der Waals surface area contributed by atoms with Gasteiger partial charge in [0.1, 0.15) is 11.8 Å². The molecule has 2 aromatic carbocycles. The first-order chi connectivity index (χ1) is 12.3. The van der Waals surface area contributed by atoms with E-state index in [1.807, 2.05) is 6.07 Å². The Kier molecular flexibility index (Phi) is 6.33. The summed E-state index contributed by atoms with van der Waals surface area (Å²) in [4.78, 5) is 12.3. The third-order valence-electron chi connectivity index (χ3n) is 3.65. The van der Waals surface area contributed by atoms with Crippen molar-refractivity contribution in [2.24, 2.45) is 0 Å². The molecule has 0 bridgehead atoms. The minimum atomic E-state index is -3.64. The molecule has 136 valence electrons. The van der Waals surface area contributed by atoms with Crippen molar-refractivity contribution in [2.75, 3.05) is 25.2 Å². The summed E-state index contributed by atoms with van der Waals surface area (Å²) in [6.07, 6.45) is 1.04. The molecule has 0 atom stereocenters. The van der Waals surface area contributed by atoms with Crippen LogP contribution >= 0.6 is 0 Å². The first-order valence-corrected chi connectivity index (χ1v) is 9.56. The molecule has 0 aliphatic rings. The molecule has 0 aliphatic carbocycles. The molecule has 0 spiro atoms. The van der Waals surface area contributed by atoms with Crippen LogP contribution in [0.1, 0.15) is 11.1 Å². The van der Waals surface area contributed by atoms with Gasteiger partial charge >= 0.3 is 0 Å². The van der Waals surface area contributed by atoms with Crippen LogP contribution in [0.15, 0.2) is 48.5 Å². The van der Waals surface area contributed by atoms with Gasteiger partial charge in [-0.25, -0.2) is 8.42 Å². The van der Waals surface area contributed by atoms with Crippen molar-refractivity contribution in [1.29, 1.82) is 5.26 Å². The third-order valence-corrected chi connectivity index (χ3v) is 4.85. The Morgan fingerprint density at radius 3 is 2.50 bits per heavy atom. The second-order valence-corrected chi connectivity index (χ2v) is 7.53. The van der Waals surface area contributed by atoms with Crippen LogP contribution in [0.2, 0.25) is 0 Å². The highest BCUT2D eigenvalue weighted by atomic mass is 32.2. The molecule has 0 radical (unpaired) electrons. The van der Waals surface area contributed by atoms with E-state index in [2.05, 4.69) is 5.32 Å². The highest BCUT2D eigenvalue weighted by Crippen LogP contribution is 2.20. The van der Waals surface area contributed by atoms with Gasteiger partial charge in [-0.1, -0.05) is 30.3 Å². The lowest BCUT2D eigenvalue weighted by molar-refractivity contribution is -0.116. The molecule has 2 aromatic rings. The highest BCUT2D eigenvalue weighted by molar-refractivity contribution is 7.88. The second kappa shape index (κ2) is 8.47. The summed E-state index contributed by atoms with van der Waals surface area (Å²) in [6, 6.07) is 15.5. The van der Waals surface area contributed by atoms with Gasteiger partial charge in [-0.15, -0.1) is 0 Å². The summed E-state index contributed by atoms with van der Waals surface area (Å²) in [5, 5.41) is 11.7. The lowest BCUT2D eigenvalue weighted by Gasteiger charge is -2.21.